The van der Waals surface area contributed by atoms with Crippen LogP contribution in [0.15, 0.2) is 28.7 Å². The van der Waals surface area contributed by atoms with Crippen molar-refractivity contribution in [3.8, 4) is 0 Å². The molecule has 4 heteroatoms. The predicted molar refractivity (Wildman–Crippen MR) is 81.2 cm³/mol. The summed E-state index contributed by atoms with van der Waals surface area (Å²) in [6.45, 7) is 2.41. The van der Waals surface area contributed by atoms with Gasteiger partial charge in [-0.15, -0.1) is 0 Å². The first-order valence-electron chi connectivity index (χ1n) is 7.61. The van der Waals surface area contributed by atoms with E-state index in [-0.39, 0.29) is 17.9 Å². The standard InChI is InChI=1S/C17H21NO3/c1-11-13-7-3-5-9-15(13)21-16(11)17(20)18-10-12-6-2-4-8-14(12)19/h3,5,7,9,12,14,19H,2,4,6,8,10H2,1H3,(H,18,20). The normalized spacial score (nSPS) is 22.4. The number of benzene rings is 1. The highest BCUT2D eigenvalue weighted by Crippen LogP contribution is 2.26. The van der Waals surface area contributed by atoms with Crippen LogP contribution in [0.4, 0.5) is 0 Å². The van der Waals surface area contributed by atoms with E-state index >= 15 is 0 Å². The second-order valence-electron chi connectivity index (χ2n) is 5.87. The Labute approximate surface area is 124 Å². The van der Waals surface area contributed by atoms with Crippen molar-refractivity contribution >= 4 is 16.9 Å². The van der Waals surface area contributed by atoms with Crippen molar-refractivity contribution in [3.63, 3.8) is 0 Å². The molecule has 2 atom stereocenters. The van der Waals surface area contributed by atoms with Crippen LogP contribution in [0.25, 0.3) is 11.0 Å². The topological polar surface area (TPSA) is 62.5 Å². The van der Waals surface area contributed by atoms with Gasteiger partial charge in [0, 0.05) is 23.4 Å². The van der Waals surface area contributed by atoms with Gasteiger partial charge in [-0.05, 0) is 25.8 Å². The fourth-order valence-electron chi connectivity index (χ4n) is 3.12. The quantitative estimate of drug-likeness (QED) is 0.912. The Morgan fingerprint density at radius 3 is 2.86 bits per heavy atom. The zero-order chi connectivity index (χ0) is 14.8. The number of carbonyl (C=O) groups is 1. The summed E-state index contributed by atoms with van der Waals surface area (Å²) >= 11 is 0. The minimum Gasteiger partial charge on any atom is -0.451 e. The van der Waals surface area contributed by atoms with Gasteiger partial charge in [0.15, 0.2) is 5.76 Å². The molecule has 0 saturated heterocycles. The molecule has 112 valence electrons. The third-order valence-corrected chi connectivity index (χ3v) is 4.44. The summed E-state index contributed by atoms with van der Waals surface area (Å²) in [6.07, 6.45) is 3.72. The van der Waals surface area contributed by atoms with Gasteiger partial charge in [-0.3, -0.25) is 4.79 Å². The molecule has 21 heavy (non-hydrogen) atoms. The number of carbonyl (C=O) groups excluding carboxylic acids is 1. The van der Waals surface area contributed by atoms with E-state index in [4.69, 9.17) is 4.42 Å². The Kier molecular flexibility index (Phi) is 3.97. The molecule has 4 nitrogen and oxygen atoms in total. The molecule has 1 fully saturated rings. The zero-order valence-corrected chi connectivity index (χ0v) is 12.3. The first kappa shape index (κ1) is 14.1. The molecular weight excluding hydrogens is 266 g/mol. The number of rotatable bonds is 3. The lowest BCUT2D eigenvalue weighted by Crippen LogP contribution is -2.36. The van der Waals surface area contributed by atoms with Crippen molar-refractivity contribution in [2.45, 2.75) is 38.7 Å². The van der Waals surface area contributed by atoms with Crippen LogP contribution in [0.5, 0.6) is 0 Å². The van der Waals surface area contributed by atoms with Crippen LogP contribution < -0.4 is 5.32 Å². The van der Waals surface area contributed by atoms with Gasteiger partial charge < -0.3 is 14.8 Å². The van der Waals surface area contributed by atoms with Crippen LogP contribution in [-0.4, -0.2) is 23.7 Å². The summed E-state index contributed by atoms with van der Waals surface area (Å²) in [5.74, 6) is 0.343. The van der Waals surface area contributed by atoms with Gasteiger partial charge in [0.1, 0.15) is 5.58 Å². The second kappa shape index (κ2) is 5.90. The van der Waals surface area contributed by atoms with Crippen molar-refractivity contribution < 1.29 is 14.3 Å². The van der Waals surface area contributed by atoms with Gasteiger partial charge in [-0.2, -0.15) is 0 Å². The number of furan rings is 1. The Morgan fingerprint density at radius 2 is 2.10 bits per heavy atom. The van der Waals surface area contributed by atoms with E-state index in [1.165, 1.54) is 0 Å². The Morgan fingerprint density at radius 1 is 1.33 bits per heavy atom. The van der Waals surface area contributed by atoms with Crippen LogP contribution in [0.2, 0.25) is 0 Å². The fourth-order valence-corrected chi connectivity index (χ4v) is 3.12. The minimum absolute atomic E-state index is 0.160. The van der Waals surface area contributed by atoms with E-state index in [9.17, 15) is 9.90 Å². The number of nitrogens with one attached hydrogen (secondary N) is 1. The second-order valence-corrected chi connectivity index (χ2v) is 5.87. The van der Waals surface area contributed by atoms with Crippen molar-refractivity contribution in [3.05, 3.63) is 35.6 Å². The maximum atomic E-state index is 12.3. The Bertz CT molecular complexity index is 647. The highest BCUT2D eigenvalue weighted by atomic mass is 16.3. The van der Waals surface area contributed by atoms with Crippen molar-refractivity contribution in [2.24, 2.45) is 5.92 Å². The van der Waals surface area contributed by atoms with E-state index in [0.29, 0.717) is 12.3 Å². The number of aliphatic hydroxyl groups is 1. The molecular formula is C17H21NO3. The van der Waals surface area contributed by atoms with Gasteiger partial charge in [0.2, 0.25) is 0 Å². The summed E-state index contributed by atoms with van der Waals surface area (Å²) in [4.78, 5) is 12.3. The van der Waals surface area contributed by atoms with Gasteiger partial charge in [0.25, 0.3) is 5.91 Å². The highest BCUT2D eigenvalue weighted by Gasteiger charge is 2.24. The molecule has 1 aliphatic rings. The molecule has 1 aromatic heterocycles. The van der Waals surface area contributed by atoms with Crippen LogP contribution in [0, 0.1) is 12.8 Å². The minimum atomic E-state index is -0.296. The van der Waals surface area contributed by atoms with Gasteiger partial charge in [-0.25, -0.2) is 0 Å². The number of hydrogen-bond acceptors (Lipinski definition) is 3. The molecule has 2 N–H and O–H groups in total. The van der Waals surface area contributed by atoms with E-state index < -0.39 is 0 Å². The Hall–Kier alpha value is -1.81. The highest BCUT2D eigenvalue weighted by molar-refractivity contribution is 5.98. The fraction of sp³-hybridized carbons (Fsp3) is 0.471. The third kappa shape index (κ3) is 2.81. The molecule has 2 unspecified atom stereocenters. The number of amides is 1. The maximum absolute atomic E-state index is 12.3. The molecule has 1 aliphatic carbocycles. The molecule has 0 radical (unpaired) electrons. The summed E-state index contributed by atoms with van der Waals surface area (Å²) in [5, 5.41) is 13.8. The number of para-hydroxylation sites is 1. The van der Waals surface area contributed by atoms with Crippen LogP contribution in [0.3, 0.4) is 0 Å². The molecule has 0 bridgehead atoms. The lowest BCUT2D eigenvalue weighted by atomic mass is 9.86. The average Bonchev–Trinajstić information content (AvgIpc) is 2.84. The van der Waals surface area contributed by atoms with E-state index in [0.717, 1.165) is 42.2 Å². The van der Waals surface area contributed by atoms with Crippen LogP contribution >= 0.6 is 0 Å². The number of hydrogen-bond donors (Lipinski definition) is 2. The summed E-state index contributed by atoms with van der Waals surface area (Å²) < 4.78 is 5.65. The first-order chi connectivity index (χ1) is 10.2. The van der Waals surface area contributed by atoms with Gasteiger partial charge in [-0.1, -0.05) is 31.0 Å². The van der Waals surface area contributed by atoms with E-state index in [2.05, 4.69) is 5.32 Å². The van der Waals surface area contributed by atoms with E-state index in [1.807, 2.05) is 31.2 Å². The summed E-state index contributed by atoms with van der Waals surface area (Å²) in [5.41, 5.74) is 1.60. The zero-order valence-electron chi connectivity index (χ0n) is 12.3. The molecule has 1 aromatic carbocycles. The van der Waals surface area contributed by atoms with Crippen molar-refractivity contribution in [2.75, 3.05) is 6.54 Å². The number of aliphatic hydroxyl groups excluding tert-OH is 1. The lowest BCUT2D eigenvalue weighted by Gasteiger charge is -2.27. The lowest BCUT2D eigenvalue weighted by molar-refractivity contribution is 0.0656. The summed E-state index contributed by atoms with van der Waals surface area (Å²) in [6, 6.07) is 7.65. The number of aryl methyl sites for hydroxylation is 1. The monoisotopic (exact) mass is 287 g/mol. The molecule has 1 heterocycles. The Balaban J connectivity index is 1.70. The molecule has 3 rings (SSSR count). The molecule has 1 amide bonds. The predicted octanol–water partition coefficient (Wildman–Crippen LogP) is 3.02. The van der Waals surface area contributed by atoms with Crippen LogP contribution in [0.1, 0.15) is 41.8 Å². The molecule has 1 saturated carbocycles. The maximum Gasteiger partial charge on any atom is 0.287 e. The molecule has 0 aliphatic heterocycles. The third-order valence-electron chi connectivity index (χ3n) is 4.44. The SMILES string of the molecule is Cc1c(C(=O)NCC2CCCCC2O)oc2ccccc12. The van der Waals surface area contributed by atoms with Gasteiger partial charge in [0.05, 0.1) is 6.10 Å². The largest absolute Gasteiger partial charge is 0.451 e. The summed E-state index contributed by atoms with van der Waals surface area (Å²) in [7, 11) is 0. The molecule has 2 aromatic rings. The van der Waals surface area contributed by atoms with Crippen molar-refractivity contribution in [1.29, 1.82) is 0 Å². The first-order valence-corrected chi connectivity index (χ1v) is 7.61. The van der Waals surface area contributed by atoms with Crippen molar-refractivity contribution in [1.82, 2.24) is 5.32 Å². The average molecular weight is 287 g/mol. The number of fused-ring (bicyclic) bond motifs is 1. The van der Waals surface area contributed by atoms with Gasteiger partial charge >= 0.3 is 0 Å². The molecule has 0 spiro atoms. The smallest absolute Gasteiger partial charge is 0.287 e. The van der Waals surface area contributed by atoms with E-state index in [1.54, 1.807) is 0 Å². The van der Waals surface area contributed by atoms with Crippen LogP contribution in [-0.2, 0) is 0 Å².